The molecule has 0 radical (unpaired) electrons. The monoisotopic (exact) mass is 394 g/mol. The molecule has 0 aliphatic carbocycles. The van der Waals surface area contributed by atoms with Crippen LogP contribution in [0.15, 0.2) is 29.5 Å². The molecule has 114 valence electrons. The van der Waals surface area contributed by atoms with Crippen LogP contribution in [0.4, 0.5) is 0 Å². The van der Waals surface area contributed by atoms with Gasteiger partial charge in [0.25, 0.3) is 0 Å². The van der Waals surface area contributed by atoms with E-state index in [-0.39, 0.29) is 24.0 Å². The molecule has 6 nitrogen and oxygen atoms in total. The van der Waals surface area contributed by atoms with Crippen molar-refractivity contribution in [3.8, 4) is 5.75 Å². The normalized spacial score (nSPS) is 10.6. The van der Waals surface area contributed by atoms with E-state index in [1.165, 1.54) is 0 Å². The van der Waals surface area contributed by atoms with Gasteiger partial charge in [-0.15, -0.1) is 24.0 Å². The van der Waals surface area contributed by atoms with Crippen LogP contribution in [-0.2, 0) is 4.74 Å². The van der Waals surface area contributed by atoms with Gasteiger partial charge in [0.1, 0.15) is 12.4 Å². The SMILES string of the molecule is CCOCCNC(=NC)NCCOc1cccnc1.I. The molecule has 2 N–H and O–H groups in total. The maximum atomic E-state index is 5.51. The average Bonchev–Trinajstić information content (AvgIpc) is 2.46. The van der Waals surface area contributed by atoms with Crippen molar-refractivity contribution in [2.45, 2.75) is 6.92 Å². The Balaban J connectivity index is 0.00000361. The van der Waals surface area contributed by atoms with Gasteiger partial charge in [-0.1, -0.05) is 0 Å². The Labute approximate surface area is 137 Å². The molecule has 0 unspecified atom stereocenters. The van der Waals surface area contributed by atoms with Crippen molar-refractivity contribution in [2.24, 2.45) is 4.99 Å². The van der Waals surface area contributed by atoms with Gasteiger partial charge >= 0.3 is 0 Å². The van der Waals surface area contributed by atoms with E-state index in [4.69, 9.17) is 9.47 Å². The average molecular weight is 394 g/mol. The zero-order valence-corrected chi connectivity index (χ0v) is 14.3. The molecule has 0 aliphatic rings. The number of pyridine rings is 1. The molecule has 0 fully saturated rings. The molecule has 0 aliphatic heterocycles. The Morgan fingerprint density at radius 1 is 1.30 bits per heavy atom. The number of nitrogens with zero attached hydrogens (tertiary/aromatic N) is 2. The molecule has 7 heteroatoms. The first-order chi connectivity index (χ1) is 9.36. The summed E-state index contributed by atoms with van der Waals surface area (Å²) in [6.07, 6.45) is 3.41. The fourth-order valence-electron chi connectivity index (χ4n) is 1.38. The van der Waals surface area contributed by atoms with Gasteiger partial charge in [-0.25, -0.2) is 0 Å². The predicted molar refractivity (Wildman–Crippen MR) is 91.0 cm³/mol. The highest BCUT2D eigenvalue weighted by atomic mass is 127. The number of aliphatic imine (C=N–C) groups is 1. The number of rotatable bonds is 8. The van der Waals surface area contributed by atoms with E-state index >= 15 is 0 Å². The van der Waals surface area contributed by atoms with Crippen LogP contribution in [0.25, 0.3) is 0 Å². The first-order valence-corrected chi connectivity index (χ1v) is 6.42. The van der Waals surface area contributed by atoms with Crippen molar-refractivity contribution in [3.05, 3.63) is 24.5 Å². The van der Waals surface area contributed by atoms with Crippen molar-refractivity contribution in [1.29, 1.82) is 0 Å². The Morgan fingerprint density at radius 2 is 2.05 bits per heavy atom. The van der Waals surface area contributed by atoms with Crippen molar-refractivity contribution >= 4 is 29.9 Å². The highest BCUT2D eigenvalue weighted by Gasteiger charge is 1.97. The Kier molecular flexibility index (Phi) is 12.2. The van der Waals surface area contributed by atoms with Gasteiger partial charge in [-0.3, -0.25) is 9.98 Å². The van der Waals surface area contributed by atoms with Crippen LogP contribution in [0.2, 0.25) is 0 Å². The molecule has 1 aromatic heterocycles. The molecular weight excluding hydrogens is 371 g/mol. The molecule has 0 saturated heterocycles. The van der Waals surface area contributed by atoms with E-state index in [0.29, 0.717) is 19.8 Å². The van der Waals surface area contributed by atoms with Crippen LogP contribution < -0.4 is 15.4 Å². The topological polar surface area (TPSA) is 67.8 Å². The lowest BCUT2D eigenvalue weighted by molar-refractivity contribution is 0.152. The maximum Gasteiger partial charge on any atom is 0.191 e. The summed E-state index contributed by atoms with van der Waals surface area (Å²) in [6.45, 7) is 5.33. The fourth-order valence-corrected chi connectivity index (χ4v) is 1.38. The minimum absolute atomic E-state index is 0. The third-order valence-electron chi connectivity index (χ3n) is 2.26. The summed E-state index contributed by atoms with van der Waals surface area (Å²) >= 11 is 0. The lowest BCUT2D eigenvalue weighted by Crippen LogP contribution is -2.40. The van der Waals surface area contributed by atoms with Crippen molar-refractivity contribution < 1.29 is 9.47 Å². The van der Waals surface area contributed by atoms with Gasteiger partial charge in [0.2, 0.25) is 0 Å². The van der Waals surface area contributed by atoms with Crippen molar-refractivity contribution in [2.75, 3.05) is 40.0 Å². The van der Waals surface area contributed by atoms with E-state index in [0.717, 1.165) is 24.9 Å². The van der Waals surface area contributed by atoms with Crippen LogP contribution in [-0.4, -0.2) is 50.9 Å². The summed E-state index contributed by atoms with van der Waals surface area (Å²) in [5, 5.41) is 6.30. The summed E-state index contributed by atoms with van der Waals surface area (Å²) in [6, 6.07) is 3.72. The number of ether oxygens (including phenoxy) is 2. The summed E-state index contributed by atoms with van der Waals surface area (Å²) in [5.74, 6) is 1.51. The highest BCUT2D eigenvalue weighted by molar-refractivity contribution is 14.0. The Morgan fingerprint density at radius 3 is 2.65 bits per heavy atom. The second kappa shape index (κ2) is 12.9. The largest absolute Gasteiger partial charge is 0.490 e. The van der Waals surface area contributed by atoms with E-state index in [2.05, 4.69) is 20.6 Å². The number of halogens is 1. The standard InChI is InChI=1S/C13H22N4O2.HI/c1-3-18-9-7-16-13(14-2)17-8-10-19-12-5-4-6-15-11-12;/h4-6,11H,3,7-10H2,1-2H3,(H2,14,16,17);1H. The summed E-state index contributed by atoms with van der Waals surface area (Å²) in [5.41, 5.74) is 0. The van der Waals surface area contributed by atoms with Crippen molar-refractivity contribution in [3.63, 3.8) is 0 Å². The highest BCUT2D eigenvalue weighted by Crippen LogP contribution is 2.04. The molecule has 0 atom stereocenters. The molecule has 0 spiro atoms. The third kappa shape index (κ3) is 8.92. The number of hydrogen-bond donors (Lipinski definition) is 2. The van der Waals surface area contributed by atoms with E-state index in [1.807, 2.05) is 19.1 Å². The Hall–Kier alpha value is -1.09. The van der Waals surface area contributed by atoms with E-state index in [1.54, 1.807) is 19.4 Å². The third-order valence-corrected chi connectivity index (χ3v) is 2.26. The van der Waals surface area contributed by atoms with Crippen LogP contribution in [0.1, 0.15) is 6.92 Å². The molecule has 0 aromatic carbocycles. The molecule has 0 bridgehead atoms. The van der Waals surface area contributed by atoms with Crippen LogP contribution >= 0.6 is 24.0 Å². The molecule has 0 amide bonds. The quantitative estimate of drug-likeness (QED) is 0.301. The smallest absolute Gasteiger partial charge is 0.191 e. The van der Waals surface area contributed by atoms with Gasteiger partial charge in [-0.2, -0.15) is 0 Å². The van der Waals surface area contributed by atoms with Crippen LogP contribution in [0.3, 0.4) is 0 Å². The number of guanidine groups is 1. The lowest BCUT2D eigenvalue weighted by atomic mass is 10.5. The first kappa shape index (κ1) is 18.9. The first-order valence-electron chi connectivity index (χ1n) is 6.42. The molecule has 0 saturated carbocycles. The summed E-state index contributed by atoms with van der Waals surface area (Å²) in [4.78, 5) is 8.08. The Bertz CT molecular complexity index is 363. The molecule has 1 heterocycles. The van der Waals surface area contributed by atoms with Gasteiger partial charge in [-0.05, 0) is 19.1 Å². The molecule has 1 rings (SSSR count). The van der Waals surface area contributed by atoms with Crippen molar-refractivity contribution in [1.82, 2.24) is 15.6 Å². The zero-order chi connectivity index (χ0) is 13.8. The van der Waals surface area contributed by atoms with Gasteiger partial charge in [0.05, 0.1) is 19.3 Å². The number of hydrogen-bond acceptors (Lipinski definition) is 4. The second-order valence-corrected chi connectivity index (χ2v) is 3.66. The second-order valence-electron chi connectivity index (χ2n) is 3.66. The van der Waals surface area contributed by atoms with Gasteiger partial charge < -0.3 is 20.1 Å². The molecule has 1 aromatic rings. The van der Waals surface area contributed by atoms with E-state index in [9.17, 15) is 0 Å². The summed E-state index contributed by atoms with van der Waals surface area (Å²) in [7, 11) is 1.73. The summed E-state index contributed by atoms with van der Waals surface area (Å²) < 4.78 is 10.7. The minimum Gasteiger partial charge on any atom is -0.490 e. The fraction of sp³-hybridized carbons (Fsp3) is 0.538. The molecular formula is C13H23IN4O2. The van der Waals surface area contributed by atoms with Gasteiger partial charge in [0.15, 0.2) is 5.96 Å². The number of aromatic nitrogens is 1. The maximum absolute atomic E-state index is 5.51. The minimum atomic E-state index is 0. The van der Waals surface area contributed by atoms with Crippen LogP contribution in [0, 0.1) is 0 Å². The zero-order valence-electron chi connectivity index (χ0n) is 12.0. The van der Waals surface area contributed by atoms with Gasteiger partial charge in [0, 0.05) is 26.4 Å². The van der Waals surface area contributed by atoms with Crippen LogP contribution in [0.5, 0.6) is 5.75 Å². The van der Waals surface area contributed by atoms with E-state index < -0.39 is 0 Å². The lowest BCUT2D eigenvalue weighted by Gasteiger charge is -2.12. The predicted octanol–water partition coefficient (Wildman–Crippen LogP) is 1.28. The molecule has 20 heavy (non-hydrogen) atoms. The number of nitrogens with one attached hydrogen (secondary N) is 2.